The normalized spacial score (nSPS) is 9.83. The number of nitrogens with two attached hydrogens (primary N) is 1. The maximum absolute atomic E-state index is 13.4. The first-order chi connectivity index (χ1) is 8.60. The number of nitrogens with zero attached hydrogens (tertiary/aromatic N) is 3. The zero-order chi connectivity index (χ0) is 13.1. The average molecular weight is 244 g/mol. The van der Waals surface area contributed by atoms with E-state index in [9.17, 15) is 4.39 Å². The van der Waals surface area contributed by atoms with Gasteiger partial charge in [-0.15, -0.1) is 0 Å². The predicted octanol–water partition coefficient (Wildman–Crippen LogP) is 2.17. The van der Waals surface area contributed by atoms with E-state index in [-0.39, 0.29) is 23.0 Å². The zero-order valence-electron chi connectivity index (χ0n) is 9.51. The van der Waals surface area contributed by atoms with Crippen molar-refractivity contribution in [3.8, 4) is 17.7 Å². The molecule has 18 heavy (non-hydrogen) atoms. The number of rotatable bonds is 2. The lowest BCUT2D eigenvalue weighted by molar-refractivity contribution is 0.453. The lowest BCUT2D eigenvalue weighted by Gasteiger charge is -2.07. The molecule has 0 spiro atoms. The fourth-order valence-electron chi connectivity index (χ4n) is 1.43. The lowest BCUT2D eigenvalue weighted by atomic mass is 10.2. The van der Waals surface area contributed by atoms with Crippen LogP contribution in [-0.4, -0.2) is 9.97 Å². The second kappa shape index (κ2) is 4.67. The Hall–Kier alpha value is -2.68. The Balaban J connectivity index is 2.40. The molecule has 1 aromatic carbocycles. The standard InChI is InChI=1S/C12H9FN4O/c1-7-16-11(15)5-12(17-7)18-10-4-2-3-9(13)8(10)6-14/h2-5H,1H3,(H2,15,16,17). The van der Waals surface area contributed by atoms with Crippen molar-refractivity contribution in [3.05, 3.63) is 41.5 Å². The number of ether oxygens (including phenoxy) is 1. The van der Waals surface area contributed by atoms with Gasteiger partial charge in [-0.3, -0.25) is 0 Å². The molecule has 0 aliphatic rings. The average Bonchev–Trinajstić information content (AvgIpc) is 2.27. The van der Waals surface area contributed by atoms with Crippen molar-refractivity contribution >= 4 is 5.82 Å². The molecule has 90 valence electrons. The number of nitrogen functional groups attached to an aromatic ring is 1. The highest BCUT2D eigenvalue weighted by atomic mass is 19.1. The summed E-state index contributed by atoms with van der Waals surface area (Å²) in [6.45, 7) is 1.65. The topological polar surface area (TPSA) is 84.8 Å². The molecule has 2 N–H and O–H groups in total. The molecule has 5 nitrogen and oxygen atoms in total. The van der Waals surface area contributed by atoms with Gasteiger partial charge < -0.3 is 10.5 Å². The van der Waals surface area contributed by atoms with Crippen molar-refractivity contribution in [2.45, 2.75) is 6.92 Å². The van der Waals surface area contributed by atoms with Gasteiger partial charge in [-0.2, -0.15) is 10.2 Å². The van der Waals surface area contributed by atoms with Gasteiger partial charge >= 0.3 is 0 Å². The number of hydrogen-bond acceptors (Lipinski definition) is 5. The molecular weight excluding hydrogens is 235 g/mol. The quantitative estimate of drug-likeness (QED) is 0.875. The van der Waals surface area contributed by atoms with E-state index < -0.39 is 5.82 Å². The fourth-order valence-corrected chi connectivity index (χ4v) is 1.43. The number of halogens is 1. The van der Waals surface area contributed by atoms with Crippen molar-refractivity contribution < 1.29 is 9.13 Å². The van der Waals surface area contributed by atoms with Gasteiger partial charge in [-0.25, -0.2) is 9.37 Å². The van der Waals surface area contributed by atoms with Crippen LogP contribution in [0.1, 0.15) is 11.4 Å². The van der Waals surface area contributed by atoms with Crippen LogP contribution in [0.15, 0.2) is 24.3 Å². The molecule has 0 aliphatic carbocycles. The van der Waals surface area contributed by atoms with Crippen LogP contribution >= 0.6 is 0 Å². The van der Waals surface area contributed by atoms with Crippen LogP contribution in [0, 0.1) is 24.1 Å². The third-order valence-electron chi connectivity index (χ3n) is 2.14. The van der Waals surface area contributed by atoms with Crippen LogP contribution < -0.4 is 10.5 Å². The number of nitriles is 1. The van der Waals surface area contributed by atoms with Crippen molar-refractivity contribution in [3.63, 3.8) is 0 Å². The Morgan fingerprint density at radius 3 is 2.83 bits per heavy atom. The highest BCUT2D eigenvalue weighted by molar-refractivity contribution is 5.46. The second-order valence-corrected chi connectivity index (χ2v) is 3.51. The molecule has 1 aromatic heterocycles. The van der Waals surface area contributed by atoms with Crippen LogP contribution in [-0.2, 0) is 0 Å². The van der Waals surface area contributed by atoms with Crippen LogP contribution in [0.2, 0.25) is 0 Å². The number of benzene rings is 1. The molecule has 0 saturated carbocycles. The SMILES string of the molecule is Cc1nc(N)cc(Oc2cccc(F)c2C#N)n1. The summed E-state index contributed by atoms with van der Waals surface area (Å²) in [5.74, 6) is 0.290. The zero-order valence-corrected chi connectivity index (χ0v) is 9.51. The summed E-state index contributed by atoms with van der Waals surface area (Å²) in [6.07, 6.45) is 0. The Morgan fingerprint density at radius 1 is 1.39 bits per heavy atom. The molecular formula is C12H9FN4O. The molecule has 0 fully saturated rings. The van der Waals surface area contributed by atoms with Crippen LogP contribution in [0.3, 0.4) is 0 Å². The molecule has 0 bridgehead atoms. The highest BCUT2D eigenvalue weighted by Gasteiger charge is 2.11. The molecule has 1 heterocycles. The van der Waals surface area contributed by atoms with Gasteiger partial charge in [0.2, 0.25) is 5.88 Å². The maximum Gasteiger partial charge on any atom is 0.224 e. The third kappa shape index (κ3) is 2.35. The highest BCUT2D eigenvalue weighted by Crippen LogP contribution is 2.26. The smallest absolute Gasteiger partial charge is 0.224 e. The summed E-state index contributed by atoms with van der Waals surface area (Å²) in [5.41, 5.74) is 5.37. The first-order valence-electron chi connectivity index (χ1n) is 5.08. The van der Waals surface area contributed by atoms with Crippen molar-refractivity contribution in [1.29, 1.82) is 5.26 Å². The van der Waals surface area contributed by atoms with E-state index in [1.807, 2.05) is 0 Å². The van der Waals surface area contributed by atoms with E-state index in [2.05, 4.69) is 9.97 Å². The molecule has 2 aromatic rings. The minimum absolute atomic E-state index is 0.0926. The number of anilines is 1. The van der Waals surface area contributed by atoms with Crippen molar-refractivity contribution in [2.24, 2.45) is 0 Å². The van der Waals surface area contributed by atoms with Gasteiger partial charge in [0.15, 0.2) is 0 Å². The van der Waals surface area contributed by atoms with E-state index in [4.69, 9.17) is 15.7 Å². The summed E-state index contributed by atoms with van der Waals surface area (Å²) in [5, 5.41) is 8.86. The Bertz CT molecular complexity index is 616. The number of aryl methyl sites for hydroxylation is 1. The summed E-state index contributed by atoms with van der Waals surface area (Å²) < 4.78 is 18.7. The summed E-state index contributed by atoms with van der Waals surface area (Å²) in [4.78, 5) is 7.87. The van der Waals surface area contributed by atoms with E-state index in [1.165, 1.54) is 24.3 Å². The molecule has 2 rings (SSSR count). The number of hydrogen-bond donors (Lipinski definition) is 1. The first-order valence-corrected chi connectivity index (χ1v) is 5.08. The Morgan fingerprint density at radius 2 is 2.17 bits per heavy atom. The summed E-state index contributed by atoms with van der Waals surface area (Å²) >= 11 is 0. The fraction of sp³-hybridized carbons (Fsp3) is 0.0833. The predicted molar refractivity (Wildman–Crippen MR) is 62.4 cm³/mol. The molecule has 0 amide bonds. The monoisotopic (exact) mass is 244 g/mol. The van der Waals surface area contributed by atoms with Crippen molar-refractivity contribution in [2.75, 3.05) is 5.73 Å². The summed E-state index contributed by atoms with van der Waals surface area (Å²) in [6, 6.07) is 7.25. The lowest BCUT2D eigenvalue weighted by Crippen LogP contribution is -1.99. The molecule has 0 saturated heterocycles. The number of aromatic nitrogens is 2. The first kappa shape index (κ1) is 11.8. The van der Waals surface area contributed by atoms with Gasteiger partial charge in [0.05, 0.1) is 0 Å². The van der Waals surface area contributed by atoms with Crippen molar-refractivity contribution in [1.82, 2.24) is 9.97 Å². The third-order valence-corrected chi connectivity index (χ3v) is 2.14. The van der Waals surface area contributed by atoms with E-state index in [1.54, 1.807) is 13.0 Å². The molecule has 0 atom stereocenters. The maximum atomic E-state index is 13.4. The van der Waals surface area contributed by atoms with Gasteiger partial charge in [-0.1, -0.05) is 6.07 Å². The molecule has 6 heteroatoms. The molecule has 0 aliphatic heterocycles. The Labute approximate surface area is 103 Å². The van der Waals surface area contributed by atoms with Gasteiger partial charge in [0.1, 0.15) is 34.8 Å². The van der Waals surface area contributed by atoms with E-state index in [0.29, 0.717) is 5.82 Å². The largest absolute Gasteiger partial charge is 0.437 e. The molecule has 0 radical (unpaired) electrons. The minimum atomic E-state index is -0.645. The van der Waals surface area contributed by atoms with E-state index in [0.717, 1.165) is 0 Å². The summed E-state index contributed by atoms with van der Waals surface area (Å²) in [7, 11) is 0. The minimum Gasteiger partial charge on any atom is -0.437 e. The van der Waals surface area contributed by atoms with E-state index >= 15 is 0 Å². The van der Waals surface area contributed by atoms with Gasteiger partial charge in [0, 0.05) is 6.07 Å². The van der Waals surface area contributed by atoms with Crippen LogP contribution in [0.5, 0.6) is 11.6 Å². The second-order valence-electron chi connectivity index (χ2n) is 3.51. The Kier molecular flexibility index (Phi) is 3.06. The molecule has 0 unspecified atom stereocenters. The van der Waals surface area contributed by atoms with Crippen LogP contribution in [0.4, 0.5) is 10.2 Å². The van der Waals surface area contributed by atoms with Gasteiger partial charge in [-0.05, 0) is 19.1 Å². The van der Waals surface area contributed by atoms with Crippen LogP contribution in [0.25, 0.3) is 0 Å². The van der Waals surface area contributed by atoms with Gasteiger partial charge in [0.25, 0.3) is 0 Å².